The van der Waals surface area contributed by atoms with Gasteiger partial charge in [-0.25, -0.2) is 17.5 Å². The third kappa shape index (κ3) is 12.2. The van der Waals surface area contributed by atoms with Crippen molar-refractivity contribution in [3.63, 3.8) is 0 Å². The van der Waals surface area contributed by atoms with Gasteiger partial charge in [0, 0.05) is 44.2 Å². The van der Waals surface area contributed by atoms with Crippen LogP contribution in [0, 0.1) is 0 Å². The maximum Gasteiger partial charge on any atom is 0.407 e. The van der Waals surface area contributed by atoms with Gasteiger partial charge in [0.15, 0.2) is 5.96 Å². The Kier molecular flexibility index (Phi) is 13.5. The second kappa shape index (κ2) is 13.7. The normalized spacial score (nSPS) is 16.1. The molecule has 0 aliphatic carbocycles. The summed E-state index contributed by atoms with van der Waals surface area (Å²) in [6, 6.07) is 0. The van der Waals surface area contributed by atoms with E-state index >= 15 is 0 Å². The van der Waals surface area contributed by atoms with Crippen molar-refractivity contribution in [2.45, 2.75) is 33.3 Å². The third-order valence-electron chi connectivity index (χ3n) is 3.41. The summed E-state index contributed by atoms with van der Waals surface area (Å²) in [5.74, 6) is 2.20. The van der Waals surface area contributed by atoms with E-state index in [4.69, 9.17) is 4.74 Å². The van der Waals surface area contributed by atoms with E-state index in [9.17, 15) is 13.2 Å². The largest absolute Gasteiger partial charge is 0.444 e. The number of hydrogen-bond acceptors (Lipinski definition) is 6. The first kappa shape index (κ1) is 27.5. The van der Waals surface area contributed by atoms with Gasteiger partial charge in [-0.05, 0) is 27.7 Å². The average Bonchev–Trinajstić information content (AvgIpc) is 2.58. The number of carbonyl (C=O) groups is 1. The molecule has 1 fully saturated rings. The van der Waals surface area contributed by atoms with Gasteiger partial charge in [0.2, 0.25) is 10.0 Å². The predicted octanol–water partition coefficient (Wildman–Crippen LogP) is 1.06. The highest BCUT2D eigenvalue weighted by molar-refractivity contribution is 14.0. The van der Waals surface area contributed by atoms with Gasteiger partial charge in [-0.15, -0.1) is 24.0 Å². The first-order valence-electron chi connectivity index (χ1n) is 9.18. The molecule has 0 aromatic carbocycles. The average molecular weight is 552 g/mol. The van der Waals surface area contributed by atoms with Gasteiger partial charge in [-0.2, -0.15) is 11.8 Å². The molecule has 1 saturated heterocycles. The van der Waals surface area contributed by atoms with Crippen molar-refractivity contribution in [3.05, 3.63) is 0 Å². The van der Waals surface area contributed by atoms with Gasteiger partial charge in [-0.1, -0.05) is 0 Å². The van der Waals surface area contributed by atoms with Crippen molar-refractivity contribution in [2.75, 3.05) is 56.5 Å². The number of ether oxygens (including phenoxy) is 1. The molecule has 1 heterocycles. The van der Waals surface area contributed by atoms with Gasteiger partial charge in [0.1, 0.15) is 5.60 Å². The zero-order valence-corrected chi connectivity index (χ0v) is 21.1. The lowest BCUT2D eigenvalue weighted by atomic mass is 10.2. The maximum absolute atomic E-state index is 12.3. The van der Waals surface area contributed by atoms with Crippen LogP contribution >= 0.6 is 35.7 Å². The number of aliphatic imine (C=N–C) groups is 1. The molecule has 3 N–H and O–H groups in total. The van der Waals surface area contributed by atoms with Crippen LogP contribution in [0.3, 0.4) is 0 Å². The molecule has 0 unspecified atom stereocenters. The summed E-state index contributed by atoms with van der Waals surface area (Å²) in [5, 5.41) is 8.77. The number of rotatable bonds is 8. The molecule has 1 amide bonds. The Balaban J connectivity index is 0.00000729. The lowest BCUT2D eigenvalue weighted by molar-refractivity contribution is 0.0529. The fourth-order valence-corrected chi connectivity index (χ4v) is 4.68. The highest BCUT2D eigenvalue weighted by Gasteiger charge is 2.23. The van der Waals surface area contributed by atoms with E-state index < -0.39 is 21.7 Å². The molecule has 1 aliphatic heterocycles. The number of guanidine groups is 1. The Morgan fingerprint density at radius 1 is 1.14 bits per heavy atom. The summed E-state index contributed by atoms with van der Waals surface area (Å²) in [5.41, 5.74) is -0.535. The number of carbonyl (C=O) groups excluding carboxylic acids is 1. The molecule has 12 heteroatoms. The molecule has 0 aromatic rings. The molecule has 0 atom stereocenters. The monoisotopic (exact) mass is 551 g/mol. The van der Waals surface area contributed by atoms with Crippen LogP contribution in [-0.4, -0.2) is 86.9 Å². The Morgan fingerprint density at radius 3 is 2.32 bits per heavy atom. The molecule has 166 valence electrons. The second-order valence-corrected chi connectivity index (χ2v) is 10.3. The topological polar surface area (TPSA) is 112 Å². The van der Waals surface area contributed by atoms with Crippen LogP contribution in [-0.2, 0) is 14.8 Å². The molecule has 9 nitrogen and oxygen atoms in total. The first-order valence-corrected chi connectivity index (χ1v) is 11.9. The maximum atomic E-state index is 12.3. The van der Waals surface area contributed by atoms with Crippen molar-refractivity contribution >= 4 is 57.8 Å². The SMILES string of the molecule is CCNC(=NCCS(=O)(=O)N1CCSCC1)NCCNC(=O)OC(C)(C)C.I. The smallest absolute Gasteiger partial charge is 0.407 e. The minimum absolute atomic E-state index is 0. The van der Waals surface area contributed by atoms with Crippen molar-refractivity contribution in [1.29, 1.82) is 0 Å². The zero-order valence-electron chi connectivity index (χ0n) is 17.1. The number of sulfonamides is 1. The van der Waals surface area contributed by atoms with Crippen molar-refractivity contribution < 1.29 is 17.9 Å². The molecule has 0 saturated carbocycles. The highest BCUT2D eigenvalue weighted by Crippen LogP contribution is 2.13. The number of halogens is 1. The van der Waals surface area contributed by atoms with Crippen LogP contribution in [0.4, 0.5) is 4.79 Å². The van der Waals surface area contributed by atoms with Crippen molar-refractivity contribution in [2.24, 2.45) is 4.99 Å². The zero-order chi connectivity index (χ0) is 20.3. The third-order valence-corrected chi connectivity index (χ3v) is 6.21. The summed E-state index contributed by atoms with van der Waals surface area (Å²) in [4.78, 5) is 15.9. The van der Waals surface area contributed by atoms with Crippen LogP contribution in [0.25, 0.3) is 0 Å². The summed E-state index contributed by atoms with van der Waals surface area (Å²) in [6.07, 6.45) is -0.475. The molecular weight excluding hydrogens is 517 g/mol. The van der Waals surface area contributed by atoms with Crippen LogP contribution in [0.2, 0.25) is 0 Å². The molecule has 0 aromatic heterocycles. The van der Waals surface area contributed by atoms with E-state index in [1.165, 1.54) is 0 Å². The fourth-order valence-electron chi connectivity index (χ4n) is 2.23. The predicted molar refractivity (Wildman–Crippen MR) is 126 cm³/mol. The van der Waals surface area contributed by atoms with Gasteiger partial charge >= 0.3 is 6.09 Å². The van der Waals surface area contributed by atoms with E-state index in [0.29, 0.717) is 38.7 Å². The van der Waals surface area contributed by atoms with Crippen LogP contribution in [0.1, 0.15) is 27.7 Å². The van der Waals surface area contributed by atoms with E-state index in [1.54, 1.807) is 36.8 Å². The van der Waals surface area contributed by atoms with Gasteiger partial charge in [-0.3, -0.25) is 4.99 Å². The van der Waals surface area contributed by atoms with E-state index in [1.807, 2.05) is 6.92 Å². The van der Waals surface area contributed by atoms with Crippen molar-refractivity contribution in [3.8, 4) is 0 Å². The molecule has 0 radical (unpaired) electrons. The minimum atomic E-state index is -3.26. The van der Waals surface area contributed by atoms with Gasteiger partial charge < -0.3 is 20.7 Å². The Hall–Kier alpha value is -0.470. The number of nitrogens with one attached hydrogen (secondary N) is 3. The number of amides is 1. The summed E-state index contributed by atoms with van der Waals surface area (Å²) < 4.78 is 31.3. The molecule has 1 rings (SSSR count). The van der Waals surface area contributed by atoms with Gasteiger partial charge in [0.05, 0.1) is 12.3 Å². The first-order chi connectivity index (χ1) is 12.6. The highest BCUT2D eigenvalue weighted by atomic mass is 127. The molecule has 1 aliphatic rings. The molecule has 0 spiro atoms. The number of alkyl carbamates (subject to hydrolysis) is 1. The lowest BCUT2D eigenvalue weighted by Gasteiger charge is -2.25. The van der Waals surface area contributed by atoms with Gasteiger partial charge in [0.25, 0.3) is 0 Å². The van der Waals surface area contributed by atoms with Crippen LogP contribution in [0.5, 0.6) is 0 Å². The van der Waals surface area contributed by atoms with Crippen molar-refractivity contribution in [1.82, 2.24) is 20.3 Å². The summed E-state index contributed by atoms with van der Waals surface area (Å²) in [6.45, 7) is 10.1. The number of nitrogens with zero attached hydrogens (tertiary/aromatic N) is 2. The lowest BCUT2D eigenvalue weighted by Crippen LogP contribution is -2.43. The van der Waals surface area contributed by atoms with Crippen LogP contribution < -0.4 is 16.0 Å². The summed E-state index contributed by atoms with van der Waals surface area (Å²) in [7, 11) is -3.26. The Labute approximate surface area is 190 Å². The van der Waals surface area contributed by atoms with E-state index in [2.05, 4.69) is 20.9 Å². The quantitative estimate of drug-likeness (QED) is 0.179. The second-order valence-electron chi connectivity index (χ2n) is 6.94. The number of hydrogen-bond donors (Lipinski definition) is 3. The molecule has 28 heavy (non-hydrogen) atoms. The Bertz CT molecular complexity index is 590. The standard InChI is InChI=1S/C16H33N5O4S2.HI/c1-5-17-14(18-6-7-20-15(22)25-16(2,3)4)19-8-13-27(23,24)21-9-11-26-12-10-21;/h5-13H2,1-4H3,(H,20,22)(H2,17,18,19);1H. The molecule has 0 bridgehead atoms. The van der Waals surface area contributed by atoms with Crippen LogP contribution in [0.15, 0.2) is 4.99 Å². The van der Waals surface area contributed by atoms with E-state index in [0.717, 1.165) is 11.5 Å². The summed E-state index contributed by atoms with van der Waals surface area (Å²) >= 11 is 1.77. The van der Waals surface area contributed by atoms with E-state index in [-0.39, 0.29) is 36.3 Å². The molecular formula is C16H34IN5O4S2. The minimum Gasteiger partial charge on any atom is -0.444 e. The fraction of sp³-hybridized carbons (Fsp3) is 0.875. The Morgan fingerprint density at radius 2 is 1.75 bits per heavy atom. The number of thioether (sulfide) groups is 1.